The lowest BCUT2D eigenvalue weighted by atomic mass is 10.1. The first-order valence-electron chi connectivity index (χ1n) is 4.43. The molecule has 4 heteroatoms. The molecule has 76 valence electrons. The van der Waals surface area contributed by atoms with Crippen LogP contribution in [0, 0.1) is 0 Å². The largest absolute Gasteiger partial charge is 0.511 e. The second kappa shape index (κ2) is 3.24. The van der Waals surface area contributed by atoms with Crippen molar-refractivity contribution in [1.29, 1.82) is 0 Å². The zero-order valence-corrected chi connectivity index (χ0v) is 7.93. The Morgan fingerprint density at radius 1 is 1.20 bits per heavy atom. The van der Waals surface area contributed by atoms with Crippen molar-refractivity contribution < 1.29 is 14.7 Å². The molecule has 1 aromatic rings. The number of imide groups is 1. The van der Waals surface area contributed by atoms with E-state index in [-0.39, 0.29) is 24.1 Å². The molecule has 1 heterocycles. The van der Waals surface area contributed by atoms with E-state index in [0.29, 0.717) is 11.1 Å². The Bertz CT molecular complexity index is 430. The van der Waals surface area contributed by atoms with Gasteiger partial charge in [0.2, 0.25) is 0 Å². The van der Waals surface area contributed by atoms with Gasteiger partial charge in [-0.15, -0.1) is 0 Å². The van der Waals surface area contributed by atoms with E-state index in [1.54, 1.807) is 24.3 Å². The van der Waals surface area contributed by atoms with Gasteiger partial charge in [-0.05, 0) is 12.1 Å². The summed E-state index contributed by atoms with van der Waals surface area (Å²) in [4.78, 5) is 24.4. The van der Waals surface area contributed by atoms with Crippen LogP contribution in [-0.2, 0) is 0 Å². The SMILES string of the molecule is C=C(O)CN1C(=O)c2ccccc2C1=O. The first kappa shape index (κ1) is 9.45. The first-order valence-corrected chi connectivity index (χ1v) is 4.43. The fraction of sp³-hybridized carbons (Fsp3) is 0.0909. The molecule has 2 rings (SSSR count). The lowest BCUT2D eigenvalue weighted by Crippen LogP contribution is -2.31. The highest BCUT2D eigenvalue weighted by atomic mass is 16.3. The van der Waals surface area contributed by atoms with Crippen molar-refractivity contribution >= 4 is 11.8 Å². The van der Waals surface area contributed by atoms with Crippen LogP contribution in [0.1, 0.15) is 20.7 Å². The summed E-state index contributed by atoms with van der Waals surface area (Å²) in [5.74, 6) is -0.971. The summed E-state index contributed by atoms with van der Waals surface area (Å²) in [6, 6.07) is 6.58. The minimum atomic E-state index is -0.384. The molecule has 0 saturated carbocycles. The molecule has 1 aromatic carbocycles. The lowest BCUT2D eigenvalue weighted by Gasteiger charge is -2.11. The maximum Gasteiger partial charge on any atom is 0.261 e. The summed E-state index contributed by atoms with van der Waals surface area (Å²) in [6.45, 7) is 3.11. The molecule has 0 radical (unpaired) electrons. The summed E-state index contributed by atoms with van der Waals surface area (Å²) in [5, 5.41) is 8.99. The smallest absolute Gasteiger partial charge is 0.261 e. The minimum absolute atomic E-state index is 0.146. The molecule has 0 bridgehead atoms. The van der Waals surface area contributed by atoms with Gasteiger partial charge >= 0.3 is 0 Å². The van der Waals surface area contributed by atoms with Crippen molar-refractivity contribution in [2.24, 2.45) is 0 Å². The Balaban J connectivity index is 2.41. The van der Waals surface area contributed by atoms with Crippen molar-refractivity contribution in [3.63, 3.8) is 0 Å². The number of hydrogen-bond acceptors (Lipinski definition) is 3. The van der Waals surface area contributed by atoms with Gasteiger partial charge < -0.3 is 5.11 Å². The van der Waals surface area contributed by atoms with Gasteiger partial charge in [-0.2, -0.15) is 0 Å². The van der Waals surface area contributed by atoms with Gasteiger partial charge in [0, 0.05) is 0 Å². The van der Waals surface area contributed by atoms with E-state index in [0.717, 1.165) is 4.90 Å². The van der Waals surface area contributed by atoms with Crippen LogP contribution in [0.3, 0.4) is 0 Å². The van der Waals surface area contributed by atoms with Gasteiger partial charge in [-0.3, -0.25) is 14.5 Å². The molecule has 0 aliphatic carbocycles. The van der Waals surface area contributed by atoms with Crippen LogP contribution in [0.25, 0.3) is 0 Å². The van der Waals surface area contributed by atoms with E-state index in [2.05, 4.69) is 6.58 Å². The fourth-order valence-electron chi connectivity index (χ4n) is 1.57. The molecular formula is C11H9NO3. The number of rotatable bonds is 2. The lowest BCUT2D eigenvalue weighted by molar-refractivity contribution is 0.0652. The summed E-state index contributed by atoms with van der Waals surface area (Å²) < 4.78 is 0. The molecule has 0 unspecified atom stereocenters. The van der Waals surface area contributed by atoms with Crippen LogP contribution in [0.2, 0.25) is 0 Å². The van der Waals surface area contributed by atoms with Crippen molar-refractivity contribution in [3.05, 3.63) is 47.7 Å². The molecule has 0 spiro atoms. The molecule has 0 saturated heterocycles. The quantitative estimate of drug-likeness (QED) is 0.583. The highest BCUT2D eigenvalue weighted by Crippen LogP contribution is 2.22. The topological polar surface area (TPSA) is 57.6 Å². The maximum atomic E-state index is 11.7. The Morgan fingerprint density at radius 2 is 1.67 bits per heavy atom. The average molecular weight is 203 g/mol. The number of aliphatic hydroxyl groups excluding tert-OH is 1. The van der Waals surface area contributed by atoms with Gasteiger partial charge in [-0.25, -0.2) is 0 Å². The number of nitrogens with zero attached hydrogens (tertiary/aromatic N) is 1. The minimum Gasteiger partial charge on any atom is -0.511 e. The van der Waals surface area contributed by atoms with Crippen molar-refractivity contribution in [2.75, 3.05) is 6.54 Å². The summed E-state index contributed by atoms with van der Waals surface area (Å²) >= 11 is 0. The van der Waals surface area contributed by atoms with E-state index < -0.39 is 0 Å². The third kappa shape index (κ3) is 1.40. The van der Waals surface area contributed by atoms with Gasteiger partial charge in [0.1, 0.15) is 5.76 Å². The molecule has 1 aliphatic rings. The van der Waals surface area contributed by atoms with E-state index in [1.807, 2.05) is 0 Å². The Kier molecular flexibility index (Phi) is 2.04. The van der Waals surface area contributed by atoms with Crippen LogP contribution in [0.15, 0.2) is 36.6 Å². The average Bonchev–Trinajstić information content (AvgIpc) is 2.44. The Labute approximate surface area is 86.4 Å². The predicted molar refractivity (Wildman–Crippen MR) is 53.6 cm³/mol. The fourth-order valence-corrected chi connectivity index (χ4v) is 1.57. The second-order valence-electron chi connectivity index (χ2n) is 3.31. The van der Waals surface area contributed by atoms with Gasteiger partial charge in [0.05, 0.1) is 17.7 Å². The van der Waals surface area contributed by atoms with Crippen molar-refractivity contribution in [3.8, 4) is 0 Å². The molecule has 1 aliphatic heterocycles. The summed E-state index contributed by atoms with van der Waals surface area (Å²) in [5.41, 5.74) is 0.757. The zero-order chi connectivity index (χ0) is 11.0. The van der Waals surface area contributed by atoms with Crippen LogP contribution in [-0.4, -0.2) is 28.4 Å². The zero-order valence-electron chi connectivity index (χ0n) is 7.93. The molecular weight excluding hydrogens is 194 g/mol. The monoisotopic (exact) mass is 203 g/mol. The van der Waals surface area contributed by atoms with Gasteiger partial charge in [-0.1, -0.05) is 18.7 Å². The molecule has 1 N–H and O–H groups in total. The predicted octanol–water partition coefficient (Wildman–Crippen LogP) is 1.35. The Morgan fingerprint density at radius 3 is 2.07 bits per heavy atom. The number of aliphatic hydroxyl groups is 1. The van der Waals surface area contributed by atoms with Crippen LogP contribution in [0.4, 0.5) is 0 Å². The second-order valence-corrected chi connectivity index (χ2v) is 3.31. The third-order valence-corrected chi connectivity index (χ3v) is 2.22. The number of carbonyl (C=O) groups excluding carboxylic acids is 2. The van der Waals surface area contributed by atoms with E-state index >= 15 is 0 Å². The highest BCUT2D eigenvalue weighted by Gasteiger charge is 2.35. The highest BCUT2D eigenvalue weighted by molar-refractivity contribution is 6.21. The first-order chi connectivity index (χ1) is 7.11. The number of benzene rings is 1. The standard InChI is InChI=1S/C11H9NO3/c1-7(13)6-12-10(14)8-4-2-3-5-9(8)11(12)15/h2-5,13H,1,6H2. The third-order valence-electron chi connectivity index (χ3n) is 2.22. The van der Waals surface area contributed by atoms with Crippen LogP contribution in [0.5, 0.6) is 0 Å². The maximum absolute atomic E-state index is 11.7. The molecule has 0 aromatic heterocycles. The molecule has 0 fully saturated rings. The summed E-state index contributed by atoms with van der Waals surface area (Å²) in [7, 11) is 0. The van der Waals surface area contributed by atoms with Gasteiger partial charge in [0.25, 0.3) is 11.8 Å². The molecule has 4 nitrogen and oxygen atoms in total. The number of fused-ring (bicyclic) bond motifs is 1. The summed E-state index contributed by atoms with van der Waals surface area (Å²) in [6.07, 6.45) is 0. The van der Waals surface area contributed by atoms with Crippen molar-refractivity contribution in [2.45, 2.75) is 0 Å². The van der Waals surface area contributed by atoms with E-state index in [4.69, 9.17) is 5.11 Å². The normalized spacial score (nSPS) is 14.3. The van der Waals surface area contributed by atoms with Gasteiger partial charge in [0.15, 0.2) is 0 Å². The molecule has 0 atom stereocenters. The Hall–Kier alpha value is -2.10. The van der Waals surface area contributed by atoms with Crippen molar-refractivity contribution in [1.82, 2.24) is 4.90 Å². The van der Waals surface area contributed by atoms with E-state index in [1.165, 1.54) is 0 Å². The van der Waals surface area contributed by atoms with Crippen LogP contribution >= 0.6 is 0 Å². The molecule has 2 amide bonds. The number of hydrogen-bond donors (Lipinski definition) is 1. The van der Waals surface area contributed by atoms with E-state index in [9.17, 15) is 9.59 Å². The van der Waals surface area contributed by atoms with Crippen LogP contribution < -0.4 is 0 Å². The number of amides is 2. The number of carbonyl (C=O) groups is 2. The molecule has 15 heavy (non-hydrogen) atoms.